The highest BCUT2D eigenvalue weighted by molar-refractivity contribution is 7.92. The van der Waals surface area contributed by atoms with Gasteiger partial charge in [-0.25, -0.2) is 27.5 Å². The normalized spacial score (nSPS) is 11.0. The van der Waals surface area contributed by atoms with Crippen LogP contribution in [-0.4, -0.2) is 24.3 Å². The van der Waals surface area contributed by atoms with Crippen molar-refractivity contribution < 1.29 is 17.6 Å². The molecule has 0 saturated carbocycles. The first kappa shape index (κ1) is 19.4. The third-order valence-corrected chi connectivity index (χ3v) is 5.11. The summed E-state index contributed by atoms with van der Waals surface area (Å²) in [4.78, 5) is 19.7. The maximum absolute atomic E-state index is 13.1. The summed E-state index contributed by atoms with van der Waals surface area (Å²) in [5, 5.41) is 2.68. The molecule has 1 aromatic heterocycles. The van der Waals surface area contributed by atoms with Gasteiger partial charge in [-0.15, -0.1) is 0 Å². The molecule has 0 aliphatic carbocycles. The Morgan fingerprint density at radius 3 is 2.39 bits per heavy atom. The van der Waals surface area contributed by atoms with Gasteiger partial charge in [0.2, 0.25) is 11.9 Å². The van der Waals surface area contributed by atoms with Crippen LogP contribution in [-0.2, 0) is 21.2 Å². The van der Waals surface area contributed by atoms with Crippen molar-refractivity contribution in [3.8, 4) is 0 Å². The zero-order chi connectivity index (χ0) is 20.0. The van der Waals surface area contributed by atoms with Crippen LogP contribution in [0.15, 0.2) is 71.9 Å². The van der Waals surface area contributed by atoms with Crippen LogP contribution in [0.5, 0.6) is 0 Å². The highest BCUT2D eigenvalue weighted by atomic mass is 32.2. The van der Waals surface area contributed by atoms with Gasteiger partial charge in [0.05, 0.1) is 4.90 Å². The lowest BCUT2D eigenvalue weighted by atomic mass is 10.1. The van der Waals surface area contributed by atoms with Crippen LogP contribution in [0.25, 0.3) is 0 Å². The summed E-state index contributed by atoms with van der Waals surface area (Å²) in [5.74, 6) is -0.628. The molecule has 0 bridgehead atoms. The van der Waals surface area contributed by atoms with E-state index in [1.807, 2.05) is 0 Å². The van der Waals surface area contributed by atoms with Gasteiger partial charge in [-0.1, -0.05) is 12.1 Å². The minimum absolute atomic E-state index is 0.0118. The lowest BCUT2D eigenvalue weighted by Gasteiger charge is -2.08. The largest absolute Gasteiger partial charge is 0.326 e. The zero-order valence-electron chi connectivity index (χ0n) is 14.7. The maximum Gasteiger partial charge on any atom is 0.264 e. The molecule has 0 saturated heterocycles. The van der Waals surface area contributed by atoms with Crippen LogP contribution in [0.1, 0.15) is 12.0 Å². The molecule has 9 heteroatoms. The summed E-state index contributed by atoms with van der Waals surface area (Å²) in [5.41, 5.74) is 1.19. The molecular weight excluding hydrogens is 383 g/mol. The Kier molecular flexibility index (Phi) is 5.95. The van der Waals surface area contributed by atoms with Crippen molar-refractivity contribution in [3.05, 3.63) is 78.4 Å². The number of sulfonamides is 1. The lowest BCUT2D eigenvalue weighted by Crippen LogP contribution is -2.15. The molecule has 28 heavy (non-hydrogen) atoms. The number of carbonyl (C=O) groups excluding carboxylic acids is 1. The van der Waals surface area contributed by atoms with E-state index in [4.69, 9.17) is 0 Å². The molecule has 3 aromatic rings. The Balaban J connectivity index is 1.58. The van der Waals surface area contributed by atoms with Crippen molar-refractivity contribution in [2.75, 3.05) is 10.0 Å². The summed E-state index contributed by atoms with van der Waals surface area (Å²) in [6, 6.07) is 13.4. The maximum atomic E-state index is 13.1. The number of nitrogens with zero attached hydrogens (tertiary/aromatic N) is 2. The van der Waals surface area contributed by atoms with E-state index in [-0.39, 0.29) is 29.0 Å². The number of benzene rings is 2. The number of carbonyl (C=O) groups is 1. The minimum Gasteiger partial charge on any atom is -0.326 e. The summed E-state index contributed by atoms with van der Waals surface area (Å²) < 4.78 is 40.0. The Morgan fingerprint density at radius 2 is 1.71 bits per heavy atom. The Labute approximate surface area is 161 Å². The van der Waals surface area contributed by atoms with E-state index in [0.717, 1.165) is 5.56 Å². The molecule has 0 radical (unpaired) electrons. The molecule has 0 spiro atoms. The number of anilines is 2. The van der Waals surface area contributed by atoms with Gasteiger partial charge in [0.1, 0.15) is 5.82 Å². The van der Waals surface area contributed by atoms with Gasteiger partial charge < -0.3 is 5.32 Å². The van der Waals surface area contributed by atoms with E-state index in [9.17, 15) is 17.6 Å². The fraction of sp³-hybridized carbons (Fsp3) is 0.105. The molecule has 3 rings (SSSR count). The van der Waals surface area contributed by atoms with Crippen molar-refractivity contribution in [2.45, 2.75) is 17.7 Å². The van der Waals surface area contributed by atoms with Gasteiger partial charge in [-0.2, -0.15) is 0 Å². The highest BCUT2D eigenvalue weighted by Crippen LogP contribution is 2.17. The van der Waals surface area contributed by atoms with Gasteiger partial charge in [0.25, 0.3) is 10.0 Å². The molecule has 1 heterocycles. The van der Waals surface area contributed by atoms with E-state index in [1.54, 1.807) is 18.2 Å². The van der Waals surface area contributed by atoms with Gasteiger partial charge >= 0.3 is 0 Å². The number of hydrogen-bond acceptors (Lipinski definition) is 5. The molecule has 0 aliphatic rings. The van der Waals surface area contributed by atoms with Gasteiger partial charge in [-0.3, -0.25) is 4.79 Å². The van der Waals surface area contributed by atoms with Crippen molar-refractivity contribution in [1.29, 1.82) is 0 Å². The molecule has 0 fully saturated rings. The predicted octanol–water partition coefficient (Wildman–Crippen LogP) is 2.99. The van der Waals surface area contributed by atoms with Crippen LogP contribution < -0.4 is 10.0 Å². The number of hydrogen-bond donors (Lipinski definition) is 2. The minimum atomic E-state index is -3.83. The van der Waals surface area contributed by atoms with Crippen LogP contribution >= 0.6 is 0 Å². The second kappa shape index (κ2) is 8.57. The van der Waals surface area contributed by atoms with E-state index in [2.05, 4.69) is 20.0 Å². The molecule has 7 nitrogen and oxygen atoms in total. The van der Waals surface area contributed by atoms with E-state index < -0.39 is 10.0 Å². The summed E-state index contributed by atoms with van der Waals surface area (Å²) >= 11 is 0. The quantitative estimate of drug-likeness (QED) is 0.635. The SMILES string of the molecule is O=C(CCc1cccc(F)c1)Nc1ccc(S(=O)(=O)Nc2ncccn2)cc1. The second-order valence-corrected chi connectivity index (χ2v) is 7.56. The number of amides is 1. The van der Waals surface area contributed by atoms with E-state index in [1.165, 1.54) is 48.8 Å². The molecule has 0 unspecified atom stereocenters. The monoisotopic (exact) mass is 400 g/mol. The molecule has 2 aromatic carbocycles. The van der Waals surface area contributed by atoms with Crippen molar-refractivity contribution in [1.82, 2.24) is 9.97 Å². The first-order valence-electron chi connectivity index (χ1n) is 8.36. The smallest absolute Gasteiger partial charge is 0.264 e. The van der Waals surface area contributed by atoms with Crippen LogP contribution in [0.4, 0.5) is 16.0 Å². The number of rotatable bonds is 7. The number of aromatic nitrogens is 2. The van der Waals surface area contributed by atoms with Crippen LogP contribution in [0.2, 0.25) is 0 Å². The lowest BCUT2D eigenvalue weighted by molar-refractivity contribution is -0.116. The first-order chi connectivity index (χ1) is 13.4. The van der Waals surface area contributed by atoms with Crippen LogP contribution in [0, 0.1) is 5.82 Å². The summed E-state index contributed by atoms with van der Waals surface area (Å²) in [7, 11) is -3.83. The molecule has 0 atom stereocenters. The fourth-order valence-corrected chi connectivity index (χ4v) is 3.38. The molecular formula is C19H17FN4O3S. The molecule has 1 amide bonds. The van der Waals surface area contributed by atoms with Crippen molar-refractivity contribution >= 4 is 27.6 Å². The molecule has 2 N–H and O–H groups in total. The van der Waals surface area contributed by atoms with E-state index >= 15 is 0 Å². The first-order valence-corrected chi connectivity index (χ1v) is 9.85. The Bertz CT molecular complexity index is 1060. The second-order valence-electron chi connectivity index (χ2n) is 5.88. The summed E-state index contributed by atoms with van der Waals surface area (Å²) in [6.45, 7) is 0. The van der Waals surface area contributed by atoms with Gasteiger partial charge in [-0.05, 0) is 54.4 Å². The third kappa shape index (κ3) is 5.34. The fourth-order valence-electron chi connectivity index (χ4n) is 2.42. The zero-order valence-corrected chi connectivity index (χ0v) is 15.5. The van der Waals surface area contributed by atoms with Gasteiger partial charge in [0, 0.05) is 24.5 Å². The van der Waals surface area contributed by atoms with Crippen molar-refractivity contribution in [2.24, 2.45) is 0 Å². The number of nitrogens with one attached hydrogen (secondary N) is 2. The predicted molar refractivity (Wildman–Crippen MR) is 103 cm³/mol. The van der Waals surface area contributed by atoms with Gasteiger partial charge in [0.15, 0.2) is 0 Å². The summed E-state index contributed by atoms with van der Waals surface area (Å²) in [6.07, 6.45) is 3.42. The average Bonchev–Trinajstić information content (AvgIpc) is 2.67. The van der Waals surface area contributed by atoms with Crippen molar-refractivity contribution in [3.63, 3.8) is 0 Å². The third-order valence-electron chi connectivity index (χ3n) is 3.77. The average molecular weight is 400 g/mol. The Morgan fingerprint density at radius 1 is 1.00 bits per heavy atom. The Hall–Kier alpha value is -3.33. The molecule has 0 aliphatic heterocycles. The molecule has 144 valence electrons. The van der Waals surface area contributed by atoms with Crippen LogP contribution in [0.3, 0.4) is 0 Å². The standard InChI is InChI=1S/C19H17FN4O3S/c20-15-4-1-3-14(13-15)5-10-18(25)23-16-6-8-17(9-7-16)28(26,27)24-19-21-11-2-12-22-19/h1-4,6-9,11-13H,5,10H2,(H,23,25)(H,21,22,24). The number of halogens is 1. The number of aryl methyl sites for hydroxylation is 1. The topological polar surface area (TPSA) is 101 Å². The van der Waals surface area contributed by atoms with E-state index in [0.29, 0.717) is 12.1 Å². The highest BCUT2D eigenvalue weighted by Gasteiger charge is 2.15.